The predicted octanol–water partition coefficient (Wildman–Crippen LogP) is 3.07. The number of nitrogens with zero attached hydrogens (tertiary/aromatic N) is 1. The molecule has 80 valence electrons. The van der Waals surface area contributed by atoms with Crippen LogP contribution in [0.3, 0.4) is 0 Å². The molecule has 0 amide bonds. The highest BCUT2D eigenvalue weighted by Gasteiger charge is 2.23. The summed E-state index contributed by atoms with van der Waals surface area (Å²) < 4.78 is 13.3. The van der Waals surface area contributed by atoms with Crippen molar-refractivity contribution in [1.29, 1.82) is 0 Å². The van der Waals surface area contributed by atoms with Gasteiger partial charge in [-0.3, -0.25) is 14.9 Å². The standard InChI is InChI=1S/C8H4Cl2FNO3/c1-3-6(9)4(8(10)13)2-5(7(3)11)12(14)15/h2H,1H3. The van der Waals surface area contributed by atoms with Gasteiger partial charge < -0.3 is 0 Å². The van der Waals surface area contributed by atoms with Crippen LogP contribution in [0.15, 0.2) is 6.07 Å². The number of nitro benzene ring substituents is 1. The van der Waals surface area contributed by atoms with Gasteiger partial charge in [-0.05, 0) is 18.5 Å². The van der Waals surface area contributed by atoms with Crippen LogP contribution in [0.2, 0.25) is 5.02 Å². The number of hydrogen-bond acceptors (Lipinski definition) is 3. The monoisotopic (exact) mass is 251 g/mol. The molecule has 4 nitrogen and oxygen atoms in total. The van der Waals surface area contributed by atoms with E-state index in [2.05, 4.69) is 0 Å². The number of nitro groups is 1. The minimum atomic E-state index is -1.06. The molecule has 0 radical (unpaired) electrons. The van der Waals surface area contributed by atoms with Gasteiger partial charge in [0.15, 0.2) is 0 Å². The van der Waals surface area contributed by atoms with Gasteiger partial charge in [0.1, 0.15) is 0 Å². The lowest BCUT2D eigenvalue weighted by molar-refractivity contribution is -0.387. The Morgan fingerprint density at radius 3 is 2.53 bits per heavy atom. The Morgan fingerprint density at radius 2 is 2.13 bits per heavy atom. The van der Waals surface area contributed by atoms with E-state index in [9.17, 15) is 19.3 Å². The van der Waals surface area contributed by atoms with Crippen LogP contribution in [0.4, 0.5) is 10.1 Å². The maximum atomic E-state index is 13.3. The molecule has 15 heavy (non-hydrogen) atoms. The summed E-state index contributed by atoms with van der Waals surface area (Å²) in [6, 6.07) is 0.722. The first kappa shape index (κ1) is 11.9. The zero-order valence-corrected chi connectivity index (χ0v) is 8.90. The van der Waals surface area contributed by atoms with Gasteiger partial charge in [0.05, 0.1) is 15.5 Å². The third-order valence-corrected chi connectivity index (χ3v) is 2.50. The third-order valence-electron chi connectivity index (χ3n) is 1.81. The SMILES string of the molecule is Cc1c(F)c([N+](=O)[O-])cc(C(=O)Cl)c1Cl. The minimum absolute atomic E-state index is 0.171. The zero-order chi connectivity index (χ0) is 11.7. The maximum Gasteiger partial charge on any atom is 0.305 e. The lowest BCUT2D eigenvalue weighted by Crippen LogP contribution is -2.01. The molecule has 0 fully saturated rings. The number of hydrogen-bond donors (Lipinski definition) is 0. The fourth-order valence-corrected chi connectivity index (χ4v) is 1.45. The Bertz CT molecular complexity index is 423. The fourth-order valence-electron chi connectivity index (χ4n) is 1.03. The highest BCUT2D eigenvalue weighted by atomic mass is 35.5. The number of benzene rings is 1. The van der Waals surface area contributed by atoms with E-state index in [0.29, 0.717) is 0 Å². The van der Waals surface area contributed by atoms with E-state index in [1.165, 1.54) is 6.92 Å². The lowest BCUT2D eigenvalue weighted by Gasteiger charge is -2.04. The molecule has 7 heteroatoms. The van der Waals surface area contributed by atoms with Crippen molar-refractivity contribution in [3.05, 3.63) is 38.1 Å². The van der Waals surface area contributed by atoms with Gasteiger partial charge in [0.2, 0.25) is 5.82 Å². The molecule has 0 saturated heterocycles. The summed E-state index contributed by atoms with van der Waals surface area (Å²) in [4.78, 5) is 20.3. The zero-order valence-electron chi connectivity index (χ0n) is 7.38. The first-order chi connectivity index (χ1) is 6.86. The summed E-state index contributed by atoms with van der Waals surface area (Å²) in [7, 11) is 0. The second-order valence-electron chi connectivity index (χ2n) is 2.73. The van der Waals surface area contributed by atoms with Gasteiger partial charge >= 0.3 is 5.69 Å². The first-order valence-corrected chi connectivity index (χ1v) is 4.44. The molecule has 0 N–H and O–H groups in total. The lowest BCUT2D eigenvalue weighted by atomic mass is 10.1. The van der Waals surface area contributed by atoms with E-state index in [1.54, 1.807) is 0 Å². The summed E-state index contributed by atoms with van der Waals surface area (Å²) in [5, 5.41) is 9.25. The maximum absolute atomic E-state index is 13.3. The van der Waals surface area contributed by atoms with E-state index >= 15 is 0 Å². The molecule has 0 saturated carbocycles. The second-order valence-corrected chi connectivity index (χ2v) is 3.45. The Hall–Kier alpha value is -1.20. The molecule has 0 aromatic heterocycles. The van der Waals surface area contributed by atoms with Gasteiger partial charge in [-0.1, -0.05) is 11.6 Å². The quantitative estimate of drug-likeness (QED) is 0.461. The van der Waals surface area contributed by atoms with Gasteiger partial charge in [0.25, 0.3) is 5.24 Å². The van der Waals surface area contributed by atoms with Gasteiger partial charge in [-0.25, -0.2) is 0 Å². The van der Waals surface area contributed by atoms with Crippen LogP contribution in [-0.2, 0) is 0 Å². The molecule has 1 rings (SSSR count). The van der Waals surface area contributed by atoms with E-state index in [4.69, 9.17) is 23.2 Å². The van der Waals surface area contributed by atoms with E-state index < -0.39 is 21.7 Å². The highest BCUT2D eigenvalue weighted by Crippen LogP contribution is 2.31. The molecule has 1 aromatic carbocycles. The third kappa shape index (κ3) is 2.08. The van der Waals surface area contributed by atoms with Crippen LogP contribution in [0.5, 0.6) is 0 Å². The summed E-state index contributed by atoms with van der Waals surface area (Å²) in [6.45, 7) is 1.23. The molecule has 1 aromatic rings. The smallest absolute Gasteiger partial charge is 0.276 e. The first-order valence-electron chi connectivity index (χ1n) is 3.69. The second kappa shape index (κ2) is 4.12. The Labute approximate surface area is 93.7 Å². The van der Waals surface area contributed by atoms with Crippen molar-refractivity contribution in [2.45, 2.75) is 6.92 Å². The molecule has 0 heterocycles. The molecule has 0 aliphatic carbocycles. The van der Waals surface area contributed by atoms with Gasteiger partial charge in [-0.15, -0.1) is 0 Å². The van der Waals surface area contributed by atoms with Crippen LogP contribution in [0.1, 0.15) is 15.9 Å². The molecule has 0 unspecified atom stereocenters. The van der Waals surface area contributed by atoms with E-state index in [1.807, 2.05) is 0 Å². The van der Waals surface area contributed by atoms with Crippen molar-refractivity contribution in [2.75, 3.05) is 0 Å². The summed E-state index contributed by atoms with van der Waals surface area (Å²) in [5.74, 6) is -1.06. The van der Waals surface area contributed by atoms with Gasteiger partial charge in [-0.2, -0.15) is 4.39 Å². The number of rotatable bonds is 2. The van der Waals surface area contributed by atoms with Crippen LogP contribution >= 0.6 is 23.2 Å². The van der Waals surface area contributed by atoms with E-state index in [0.717, 1.165) is 6.07 Å². The van der Waals surface area contributed by atoms with Crippen molar-refractivity contribution < 1.29 is 14.1 Å². The van der Waals surface area contributed by atoms with Crippen LogP contribution in [0.25, 0.3) is 0 Å². The Balaban J connectivity index is 3.59. The molecule has 0 atom stereocenters. The van der Waals surface area contributed by atoms with Crippen molar-refractivity contribution in [3.8, 4) is 0 Å². The van der Waals surface area contributed by atoms with Crippen LogP contribution in [-0.4, -0.2) is 10.2 Å². The number of carbonyl (C=O) groups is 1. The largest absolute Gasteiger partial charge is 0.305 e. The van der Waals surface area contributed by atoms with Crippen molar-refractivity contribution >= 4 is 34.1 Å². The molecule has 0 bridgehead atoms. The molecular formula is C8H4Cl2FNO3. The van der Waals surface area contributed by atoms with Gasteiger partial charge in [0, 0.05) is 11.6 Å². The summed E-state index contributed by atoms with van der Waals surface area (Å²) in [5.41, 5.74) is -1.26. The molecular weight excluding hydrogens is 248 g/mol. The van der Waals surface area contributed by atoms with Crippen LogP contribution in [0, 0.1) is 22.9 Å². The van der Waals surface area contributed by atoms with Crippen molar-refractivity contribution in [3.63, 3.8) is 0 Å². The normalized spacial score (nSPS) is 10.1. The molecule has 0 aliphatic heterocycles. The number of halogens is 3. The molecule has 0 aliphatic rings. The number of carbonyl (C=O) groups excluding carboxylic acids is 1. The summed E-state index contributed by atoms with van der Waals surface area (Å²) in [6.07, 6.45) is 0. The highest BCUT2D eigenvalue weighted by molar-refractivity contribution is 6.68. The Morgan fingerprint density at radius 1 is 1.60 bits per heavy atom. The predicted molar refractivity (Wildman–Crippen MR) is 53.0 cm³/mol. The topological polar surface area (TPSA) is 60.2 Å². The Kier molecular flexibility index (Phi) is 3.26. The average Bonchev–Trinajstić information content (AvgIpc) is 2.13. The minimum Gasteiger partial charge on any atom is -0.276 e. The molecule has 0 spiro atoms. The summed E-state index contributed by atoms with van der Waals surface area (Å²) >= 11 is 10.7. The van der Waals surface area contributed by atoms with Crippen LogP contribution < -0.4 is 0 Å². The average molecular weight is 252 g/mol. The van der Waals surface area contributed by atoms with E-state index in [-0.39, 0.29) is 16.1 Å². The van der Waals surface area contributed by atoms with Crippen molar-refractivity contribution in [1.82, 2.24) is 0 Å². The van der Waals surface area contributed by atoms with Crippen molar-refractivity contribution in [2.24, 2.45) is 0 Å². The fraction of sp³-hybridized carbons (Fsp3) is 0.125.